The SMILES string of the molecule is CC(C)(COc1cc(Cl)ccc1[N+](=O)[O-])CS(=O)(=O)Cl. The maximum absolute atomic E-state index is 11.1. The van der Waals surface area contributed by atoms with Gasteiger partial charge in [-0.2, -0.15) is 0 Å². The van der Waals surface area contributed by atoms with Crippen molar-refractivity contribution in [1.82, 2.24) is 0 Å². The lowest BCUT2D eigenvalue weighted by Gasteiger charge is -2.22. The smallest absolute Gasteiger partial charge is 0.311 e. The molecule has 0 fully saturated rings. The van der Waals surface area contributed by atoms with E-state index in [4.69, 9.17) is 27.0 Å². The van der Waals surface area contributed by atoms with Crippen molar-refractivity contribution in [3.05, 3.63) is 33.3 Å². The number of ether oxygens (including phenoxy) is 1. The largest absolute Gasteiger partial charge is 0.486 e. The summed E-state index contributed by atoms with van der Waals surface area (Å²) in [6.45, 7) is 3.20. The van der Waals surface area contributed by atoms with Crippen LogP contribution in [0.2, 0.25) is 5.02 Å². The number of hydrogen-bond acceptors (Lipinski definition) is 5. The number of nitro groups is 1. The number of nitro benzene ring substituents is 1. The van der Waals surface area contributed by atoms with Crippen LogP contribution >= 0.6 is 22.3 Å². The van der Waals surface area contributed by atoms with Crippen LogP contribution in [0.4, 0.5) is 5.69 Å². The summed E-state index contributed by atoms with van der Waals surface area (Å²) in [5.74, 6) is -0.321. The highest BCUT2D eigenvalue weighted by Crippen LogP contribution is 2.31. The summed E-state index contributed by atoms with van der Waals surface area (Å²) in [4.78, 5) is 10.3. The third-order valence-corrected chi connectivity index (χ3v) is 3.99. The molecular formula is C11H13Cl2NO5S. The molecular weight excluding hydrogens is 329 g/mol. The van der Waals surface area contributed by atoms with E-state index in [0.717, 1.165) is 0 Å². The molecule has 20 heavy (non-hydrogen) atoms. The Hall–Kier alpha value is -1.05. The Morgan fingerprint density at radius 1 is 1.40 bits per heavy atom. The van der Waals surface area contributed by atoms with E-state index in [1.165, 1.54) is 18.2 Å². The van der Waals surface area contributed by atoms with Crippen molar-refractivity contribution in [1.29, 1.82) is 0 Å². The third kappa shape index (κ3) is 5.52. The molecule has 112 valence electrons. The van der Waals surface area contributed by atoms with Gasteiger partial charge in [-0.15, -0.1) is 0 Å². The van der Waals surface area contributed by atoms with Crippen molar-refractivity contribution in [3.8, 4) is 5.75 Å². The molecule has 0 heterocycles. The van der Waals surface area contributed by atoms with Gasteiger partial charge in [0.1, 0.15) is 0 Å². The van der Waals surface area contributed by atoms with Crippen molar-refractivity contribution in [2.24, 2.45) is 5.41 Å². The molecule has 0 aliphatic rings. The summed E-state index contributed by atoms with van der Waals surface area (Å²) in [6, 6.07) is 3.91. The fourth-order valence-corrected chi connectivity index (χ4v) is 3.60. The summed E-state index contributed by atoms with van der Waals surface area (Å²) in [5, 5.41) is 11.1. The normalized spacial score (nSPS) is 12.2. The minimum absolute atomic E-state index is 0.0115. The lowest BCUT2D eigenvalue weighted by atomic mass is 9.98. The van der Waals surface area contributed by atoms with Gasteiger partial charge in [0.15, 0.2) is 5.75 Å². The highest BCUT2D eigenvalue weighted by atomic mass is 35.7. The first-order chi connectivity index (χ1) is 9.00. The van der Waals surface area contributed by atoms with E-state index in [0.29, 0.717) is 0 Å². The topological polar surface area (TPSA) is 86.5 Å². The fraction of sp³-hybridized carbons (Fsp3) is 0.455. The zero-order valence-electron chi connectivity index (χ0n) is 10.8. The van der Waals surface area contributed by atoms with Crippen LogP contribution < -0.4 is 4.74 Å². The van der Waals surface area contributed by atoms with Gasteiger partial charge < -0.3 is 4.74 Å². The zero-order chi connectivity index (χ0) is 15.6. The molecule has 0 aliphatic heterocycles. The van der Waals surface area contributed by atoms with Crippen LogP contribution in [0.1, 0.15) is 13.8 Å². The van der Waals surface area contributed by atoms with Crippen LogP contribution in [-0.4, -0.2) is 25.7 Å². The second-order valence-corrected chi connectivity index (χ2v) is 8.22. The average molecular weight is 342 g/mol. The molecule has 1 aromatic carbocycles. The molecule has 9 heteroatoms. The lowest BCUT2D eigenvalue weighted by molar-refractivity contribution is -0.385. The fourth-order valence-electron chi connectivity index (χ4n) is 1.54. The van der Waals surface area contributed by atoms with Gasteiger partial charge in [-0.25, -0.2) is 8.42 Å². The van der Waals surface area contributed by atoms with Gasteiger partial charge in [0.05, 0.1) is 17.3 Å². The minimum atomic E-state index is -3.69. The molecule has 0 N–H and O–H groups in total. The number of nitrogens with zero attached hydrogens (tertiary/aromatic N) is 1. The van der Waals surface area contributed by atoms with Crippen LogP contribution in [-0.2, 0) is 9.05 Å². The van der Waals surface area contributed by atoms with Crippen molar-refractivity contribution < 1.29 is 18.1 Å². The van der Waals surface area contributed by atoms with Crippen molar-refractivity contribution in [2.75, 3.05) is 12.4 Å². The minimum Gasteiger partial charge on any atom is -0.486 e. The second kappa shape index (κ2) is 6.15. The van der Waals surface area contributed by atoms with E-state index in [9.17, 15) is 18.5 Å². The van der Waals surface area contributed by atoms with Gasteiger partial charge in [0.2, 0.25) is 9.05 Å². The quantitative estimate of drug-likeness (QED) is 0.450. The van der Waals surface area contributed by atoms with E-state index in [1.807, 2.05) is 0 Å². The Balaban J connectivity index is 2.89. The Morgan fingerprint density at radius 3 is 2.50 bits per heavy atom. The molecule has 0 saturated heterocycles. The zero-order valence-corrected chi connectivity index (χ0v) is 13.1. The molecule has 0 saturated carbocycles. The monoisotopic (exact) mass is 341 g/mol. The number of halogens is 2. The third-order valence-electron chi connectivity index (χ3n) is 2.30. The van der Waals surface area contributed by atoms with E-state index >= 15 is 0 Å². The summed E-state index contributed by atoms with van der Waals surface area (Å²) >= 11 is 5.76. The van der Waals surface area contributed by atoms with Crippen molar-refractivity contribution in [2.45, 2.75) is 13.8 Å². The molecule has 0 amide bonds. The predicted molar refractivity (Wildman–Crippen MR) is 77.0 cm³/mol. The van der Waals surface area contributed by atoms with Gasteiger partial charge in [-0.3, -0.25) is 10.1 Å². The highest BCUT2D eigenvalue weighted by Gasteiger charge is 2.27. The van der Waals surface area contributed by atoms with E-state index in [2.05, 4.69) is 0 Å². The van der Waals surface area contributed by atoms with Crippen LogP contribution in [0.25, 0.3) is 0 Å². The van der Waals surface area contributed by atoms with Gasteiger partial charge in [-0.05, 0) is 6.07 Å². The first-order valence-electron chi connectivity index (χ1n) is 5.49. The van der Waals surface area contributed by atoms with Gasteiger partial charge >= 0.3 is 5.69 Å². The lowest BCUT2D eigenvalue weighted by Crippen LogP contribution is -2.28. The molecule has 0 aromatic heterocycles. The molecule has 6 nitrogen and oxygen atoms in total. The Kier molecular flexibility index (Phi) is 5.23. The standard InChI is InChI=1S/C11H13Cl2NO5S/c1-11(2,7-20(13,17)18)6-19-10-5-8(12)3-4-9(10)14(15)16/h3-5H,6-7H2,1-2H3. The molecule has 0 aliphatic carbocycles. The number of benzene rings is 1. The van der Waals surface area contributed by atoms with Crippen LogP contribution in [0.15, 0.2) is 18.2 Å². The summed E-state index contributed by atoms with van der Waals surface area (Å²) < 4.78 is 27.5. The van der Waals surface area contributed by atoms with E-state index in [-0.39, 0.29) is 28.8 Å². The Bertz CT molecular complexity index is 615. The van der Waals surface area contributed by atoms with Crippen molar-refractivity contribution in [3.63, 3.8) is 0 Å². The molecule has 0 atom stereocenters. The maximum Gasteiger partial charge on any atom is 0.311 e. The van der Waals surface area contributed by atoms with E-state index < -0.39 is 19.4 Å². The molecule has 0 spiro atoms. The van der Waals surface area contributed by atoms with Gasteiger partial charge in [-0.1, -0.05) is 25.4 Å². The number of hydrogen-bond donors (Lipinski definition) is 0. The first kappa shape index (κ1) is 17.0. The summed E-state index contributed by atoms with van der Waals surface area (Å²) in [6.07, 6.45) is 0. The van der Waals surface area contributed by atoms with Crippen LogP contribution in [0.3, 0.4) is 0 Å². The first-order valence-corrected chi connectivity index (χ1v) is 8.35. The van der Waals surface area contributed by atoms with E-state index in [1.54, 1.807) is 13.8 Å². The summed E-state index contributed by atoms with van der Waals surface area (Å²) in [7, 11) is 1.51. The molecule has 0 unspecified atom stereocenters. The summed E-state index contributed by atoms with van der Waals surface area (Å²) in [5.41, 5.74) is -1.03. The molecule has 1 rings (SSSR count). The van der Waals surface area contributed by atoms with Gasteiger partial charge in [0.25, 0.3) is 0 Å². The Morgan fingerprint density at radius 2 is 2.00 bits per heavy atom. The second-order valence-electron chi connectivity index (χ2n) is 5.01. The molecule has 0 radical (unpaired) electrons. The molecule has 0 bridgehead atoms. The van der Waals surface area contributed by atoms with Crippen LogP contribution in [0, 0.1) is 15.5 Å². The van der Waals surface area contributed by atoms with Crippen LogP contribution in [0.5, 0.6) is 5.75 Å². The average Bonchev–Trinajstić information content (AvgIpc) is 2.22. The number of rotatable bonds is 6. The maximum atomic E-state index is 11.1. The molecule has 1 aromatic rings. The Labute approximate surface area is 126 Å². The van der Waals surface area contributed by atoms with Crippen molar-refractivity contribution >= 4 is 37.0 Å². The highest BCUT2D eigenvalue weighted by molar-refractivity contribution is 8.13. The predicted octanol–water partition coefficient (Wildman–Crippen LogP) is 3.22. The van der Waals surface area contributed by atoms with Gasteiger partial charge in [0, 0.05) is 33.3 Å².